The van der Waals surface area contributed by atoms with E-state index in [0.717, 1.165) is 0 Å². The van der Waals surface area contributed by atoms with E-state index >= 15 is 0 Å². The summed E-state index contributed by atoms with van der Waals surface area (Å²) in [5.74, 6) is 0. The lowest BCUT2D eigenvalue weighted by Crippen LogP contribution is -2.51. The third-order valence-electron chi connectivity index (χ3n) is 2.18. The summed E-state index contributed by atoms with van der Waals surface area (Å²) in [7, 11) is -5.10. The Balaban J connectivity index is 4.80. The predicted octanol–water partition coefficient (Wildman–Crippen LogP) is 2.80. The van der Waals surface area contributed by atoms with Crippen molar-refractivity contribution in [2.75, 3.05) is 13.2 Å². The minimum Gasteiger partial charge on any atom is -0.411 e. The van der Waals surface area contributed by atoms with E-state index in [1.165, 1.54) is 0 Å². The zero-order valence-corrected chi connectivity index (χ0v) is 13.1. The van der Waals surface area contributed by atoms with Crippen molar-refractivity contribution in [3.05, 3.63) is 37.6 Å². The van der Waals surface area contributed by atoms with Gasteiger partial charge in [-0.25, -0.2) is 0 Å². The molecule has 0 aliphatic heterocycles. The molecule has 0 rings (SSSR count). The van der Waals surface area contributed by atoms with E-state index in [4.69, 9.17) is 18.2 Å². The molecule has 0 aromatic rings. The second-order valence-corrected chi connectivity index (χ2v) is 10.4. The fourth-order valence-electron chi connectivity index (χ4n) is 1.28. The highest BCUT2D eigenvalue weighted by atomic mass is 28.5. The fraction of sp³-hybridized carbons (Fsp3) is 0.417. The molecule has 0 aromatic heterocycles. The quantitative estimate of drug-likeness (QED) is 0.457. The van der Waals surface area contributed by atoms with Crippen molar-refractivity contribution in [2.24, 2.45) is 0 Å². The van der Waals surface area contributed by atoms with Crippen molar-refractivity contribution in [1.29, 1.82) is 5.26 Å². The second-order valence-electron chi connectivity index (χ2n) is 3.99. The topological polar surface area (TPSA) is 51.5 Å². The van der Waals surface area contributed by atoms with E-state index < -0.39 is 17.1 Å². The molecule has 0 radical (unpaired) electrons. The van der Waals surface area contributed by atoms with Crippen LogP contribution >= 0.6 is 0 Å². The summed E-state index contributed by atoms with van der Waals surface area (Å²) in [6.45, 7) is 15.4. The average molecular weight is 283 g/mol. The molecule has 0 heterocycles. The number of nitrogens with zero attached hydrogens (tertiary/aromatic N) is 1. The number of hydrogen-bond donors (Lipinski definition) is 0. The number of hydrogen-bond acceptors (Lipinski definition) is 4. The Hall–Kier alpha value is -0.976. The average Bonchev–Trinajstić information content (AvgIpc) is 2.34. The van der Waals surface area contributed by atoms with Gasteiger partial charge < -0.3 is 13.0 Å². The number of rotatable bonds is 10. The van der Waals surface area contributed by atoms with Gasteiger partial charge in [0, 0.05) is 0 Å². The largest absolute Gasteiger partial charge is 0.411 e. The SMILES string of the molecule is C=CCO[Si](C)(C=C)O[Si](C)(CC#N)OCC=C. The molecule has 0 aliphatic carbocycles. The summed E-state index contributed by atoms with van der Waals surface area (Å²) < 4.78 is 17.3. The molecular weight excluding hydrogens is 262 g/mol. The number of nitriles is 1. The van der Waals surface area contributed by atoms with Gasteiger partial charge in [0.2, 0.25) is 0 Å². The summed E-state index contributed by atoms with van der Waals surface area (Å²) in [6.07, 6.45) is 3.30. The second kappa shape index (κ2) is 8.18. The van der Waals surface area contributed by atoms with Crippen molar-refractivity contribution in [3.63, 3.8) is 0 Å². The molecule has 2 unspecified atom stereocenters. The van der Waals surface area contributed by atoms with Crippen LogP contribution in [0.4, 0.5) is 0 Å². The van der Waals surface area contributed by atoms with Crippen LogP contribution in [0.15, 0.2) is 37.6 Å². The highest BCUT2D eigenvalue weighted by Gasteiger charge is 2.41. The van der Waals surface area contributed by atoms with E-state index in [-0.39, 0.29) is 6.04 Å². The van der Waals surface area contributed by atoms with Crippen LogP contribution in [-0.2, 0) is 13.0 Å². The molecule has 100 valence electrons. The minimum atomic E-state index is -2.58. The van der Waals surface area contributed by atoms with Gasteiger partial charge in [-0.2, -0.15) is 5.26 Å². The molecule has 18 heavy (non-hydrogen) atoms. The Morgan fingerprint density at radius 2 is 1.67 bits per heavy atom. The van der Waals surface area contributed by atoms with Crippen molar-refractivity contribution >= 4 is 17.1 Å². The van der Waals surface area contributed by atoms with Crippen LogP contribution in [0.2, 0.25) is 19.1 Å². The van der Waals surface area contributed by atoms with Gasteiger partial charge in [-0.1, -0.05) is 17.9 Å². The first-order valence-electron chi connectivity index (χ1n) is 5.65. The first-order chi connectivity index (χ1) is 8.45. The Morgan fingerprint density at radius 3 is 2.11 bits per heavy atom. The maximum atomic E-state index is 8.88. The predicted molar refractivity (Wildman–Crippen MR) is 77.2 cm³/mol. The summed E-state index contributed by atoms with van der Waals surface area (Å²) in [4.78, 5) is 0. The van der Waals surface area contributed by atoms with Crippen LogP contribution in [0.5, 0.6) is 0 Å². The third kappa shape index (κ3) is 6.09. The maximum absolute atomic E-state index is 8.88. The molecule has 0 aromatic carbocycles. The Labute approximate surface area is 112 Å². The smallest absolute Gasteiger partial charge is 0.352 e. The van der Waals surface area contributed by atoms with Gasteiger partial charge in [0.1, 0.15) is 0 Å². The lowest BCUT2D eigenvalue weighted by molar-refractivity contribution is 0.222. The third-order valence-corrected chi connectivity index (χ3v) is 8.59. The summed E-state index contributed by atoms with van der Waals surface area (Å²) in [6, 6.07) is 2.35. The van der Waals surface area contributed by atoms with Gasteiger partial charge >= 0.3 is 17.1 Å². The van der Waals surface area contributed by atoms with E-state index in [2.05, 4.69) is 25.8 Å². The molecule has 0 aliphatic rings. The Bertz CT molecular complexity index is 343. The Morgan fingerprint density at radius 1 is 1.11 bits per heavy atom. The van der Waals surface area contributed by atoms with Crippen LogP contribution in [-0.4, -0.2) is 30.3 Å². The van der Waals surface area contributed by atoms with Crippen LogP contribution in [0, 0.1) is 11.3 Å². The van der Waals surface area contributed by atoms with Gasteiger partial charge in [0.25, 0.3) is 0 Å². The van der Waals surface area contributed by atoms with Crippen LogP contribution in [0.3, 0.4) is 0 Å². The van der Waals surface area contributed by atoms with Gasteiger partial charge in [-0.15, -0.1) is 19.7 Å². The van der Waals surface area contributed by atoms with Gasteiger partial charge in [-0.05, 0) is 13.1 Å². The van der Waals surface area contributed by atoms with Gasteiger partial charge in [0.15, 0.2) is 0 Å². The summed E-state index contributed by atoms with van der Waals surface area (Å²) in [5.41, 5.74) is 1.69. The maximum Gasteiger partial charge on any atom is 0.352 e. The van der Waals surface area contributed by atoms with Crippen molar-refractivity contribution in [2.45, 2.75) is 19.1 Å². The van der Waals surface area contributed by atoms with Crippen LogP contribution < -0.4 is 0 Å². The molecule has 0 amide bonds. The fourth-order valence-corrected chi connectivity index (χ4v) is 7.23. The first-order valence-corrected chi connectivity index (χ1v) is 10.6. The monoisotopic (exact) mass is 283 g/mol. The van der Waals surface area contributed by atoms with Crippen LogP contribution in [0.25, 0.3) is 0 Å². The normalized spacial score (nSPS) is 16.9. The lowest BCUT2D eigenvalue weighted by Gasteiger charge is -2.33. The molecule has 0 bridgehead atoms. The molecule has 0 N–H and O–H groups in total. The van der Waals surface area contributed by atoms with Crippen LogP contribution in [0.1, 0.15) is 0 Å². The van der Waals surface area contributed by atoms with Crippen molar-refractivity contribution < 1.29 is 13.0 Å². The zero-order chi connectivity index (χ0) is 14.1. The molecule has 0 fully saturated rings. The van der Waals surface area contributed by atoms with E-state index in [1.54, 1.807) is 17.9 Å². The zero-order valence-electron chi connectivity index (χ0n) is 11.1. The minimum absolute atomic E-state index is 0.245. The molecular formula is C12H21NO3Si2. The van der Waals surface area contributed by atoms with E-state index in [0.29, 0.717) is 13.2 Å². The molecule has 0 spiro atoms. The van der Waals surface area contributed by atoms with E-state index in [1.807, 2.05) is 13.1 Å². The Kier molecular flexibility index (Phi) is 7.74. The van der Waals surface area contributed by atoms with Gasteiger partial charge in [-0.3, -0.25) is 0 Å². The molecule has 0 saturated carbocycles. The lowest BCUT2D eigenvalue weighted by atomic mass is 10.7. The van der Waals surface area contributed by atoms with Gasteiger partial charge in [0.05, 0.1) is 25.3 Å². The molecule has 4 nitrogen and oxygen atoms in total. The highest BCUT2D eigenvalue weighted by Crippen LogP contribution is 2.21. The van der Waals surface area contributed by atoms with E-state index in [9.17, 15) is 0 Å². The standard InChI is InChI=1S/C12H21NO3Si2/c1-6-10-14-17(4,8-3)16-18(5,12-9-13)15-11-7-2/h6-8H,1-3,10-12H2,4-5H3. The summed E-state index contributed by atoms with van der Waals surface area (Å²) in [5, 5.41) is 8.88. The van der Waals surface area contributed by atoms with Crippen molar-refractivity contribution in [1.82, 2.24) is 0 Å². The first kappa shape index (κ1) is 17.0. The molecule has 2 atom stereocenters. The molecule has 6 heteroatoms. The summed E-state index contributed by atoms with van der Waals surface area (Å²) >= 11 is 0. The molecule has 0 saturated heterocycles. The van der Waals surface area contributed by atoms with Crippen molar-refractivity contribution in [3.8, 4) is 6.07 Å². The highest BCUT2D eigenvalue weighted by molar-refractivity contribution is 6.82.